The number of aromatic nitrogens is 2. The molecule has 1 aromatic rings. The Morgan fingerprint density at radius 1 is 1.50 bits per heavy atom. The SMILES string of the molecule is CC(C)C(C)NC1CCn2ccnc21. The van der Waals surface area contributed by atoms with Crippen LogP contribution in [0.1, 0.15) is 39.1 Å². The summed E-state index contributed by atoms with van der Waals surface area (Å²) < 4.78 is 2.24. The zero-order valence-corrected chi connectivity index (χ0v) is 9.20. The average Bonchev–Trinajstić information content (AvgIpc) is 2.69. The fourth-order valence-electron chi connectivity index (χ4n) is 1.88. The Bertz CT molecular complexity index is 303. The topological polar surface area (TPSA) is 29.9 Å². The van der Waals surface area contributed by atoms with Crippen LogP contribution in [-0.4, -0.2) is 15.6 Å². The van der Waals surface area contributed by atoms with Gasteiger partial charge in [0.25, 0.3) is 0 Å². The van der Waals surface area contributed by atoms with Gasteiger partial charge in [0.15, 0.2) is 0 Å². The summed E-state index contributed by atoms with van der Waals surface area (Å²) in [7, 11) is 0. The van der Waals surface area contributed by atoms with E-state index in [9.17, 15) is 0 Å². The summed E-state index contributed by atoms with van der Waals surface area (Å²) in [5.41, 5.74) is 0. The molecule has 3 nitrogen and oxygen atoms in total. The fourth-order valence-corrected chi connectivity index (χ4v) is 1.88. The van der Waals surface area contributed by atoms with Gasteiger partial charge in [0.1, 0.15) is 5.82 Å². The number of nitrogens with zero attached hydrogens (tertiary/aromatic N) is 2. The Hall–Kier alpha value is -0.830. The van der Waals surface area contributed by atoms with Crippen molar-refractivity contribution in [2.75, 3.05) is 0 Å². The number of fused-ring (bicyclic) bond motifs is 1. The van der Waals surface area contributed by atoms with Gasteiger partial charge in [0.2, 0.25) is 0 Å². The Morgan fingerprint density at radius 3 is 3.00 bits per heavy atom. The van der Waals surface area contributed by atoms with Gasteiger partial charge >= 0.3 is 0 Å². The Morgan fingerprint density at radius 2 is 2.29 bits per heavy atom. The molecule has 0 aliphatic carbocycles. The first-order chi connectivity index (χ1) is 6.68. The van der Waals surface area contributed by atoms with Crippen molar-refractivity contribution in [1.29, 1.82) is 0 Å². The van der Waals surface area contributed by atoms with E-state index < -0.39 is 0 Å². The Kier molecular flexibility index (Phi) is 2.59. The van der Waals surface area contributed by atoms with E-state index >= 15 is 0 Å². The number of imidazole rings is 1. The van der Waals surface area contributed by atoms with E-state index in [1.165, 1.54) is 12.2 Å². The normalized spacial score (nSPS) is 22.7. The summed E-state index contributed by atoms with van der Waals surface area (Å²) >= 11 is 0. The van der Waals surface area contributed by atoms with Crippen LogP contribution in [-0.2, 0) is 6.54 Å². The second-order valence-corrected chi connectivity index (χ2v) is 4.52. The highest BCUT2D eigenvalue weighted by Gasteiger charge is 2.25. The van der Waals surface area contributed by atoms with E-state index in [4.69, 9.17) is 0 Å². The molecule has 2 atom stereocenters. The van der Waals surface area contributed by atoms with Gasteiger partial charge < -0.3 is 9.88 Å². The largest absolute Gasteiger partial charge is 0.334 e. The van der Waals surface area contributed by atoms with E-state index in [2.05, 4.69) is 41.8 Å². The molecule has 1 aliphatic rings. The summed E-state index contributed by atoms with van der Waals surface area (Å²) in [5.74, 6) is 1.89. The molecule has 1 aromatic heterocycles. The molecule has 0 fully saturated rings. The fraction of sp³-hybridized carbons (Fsp3) is 0.727. The quantitative estimate of drug-likeness (QED) is 0.795. The third-order valence-electron chi connectivity index (χ3n) is 3.18. The van der Waals surface area contributed by atoms with Crippen molar-refractivity contribution in [3.8, 4) is 0 Å². The third-order valence-corrected chi connectivity index (χ3v) is 3.18. The molecule has 2 heterocycles. The number of hydrogen-bond acceptors (Lipinski definition) is 2. The van der Waals surface area contributed by atoms with Gasteiger partial charge in [0.05, 0.1) is 6.04 Å². The molecule has 0 spiro atoms. The van der Waals surface area contributed by atoms with Gasteiger partial charge in [-0.05, 0) is 19.3 Å². The van der Waals surface area contributed by atoms with Crippen LogP contribution >= 0.6 is 0 Å². The minimum absolute atomic E-state index is 0.461. The highest BCUT2D eigenvalue weighted by Crippen LogP contribution is 2.24. The zero-order valence-electron chi connectivity index (χ0n) is 9.20. The van der Waals surface area contributed by atoms with Crippen molar-refractivity contribution < 1.29 is 0 Å². The minimum atomic E-state index is 0.461. The first-order valence-electron chi connectivity index (χ1n) is 5.45. The van der Waals surface area contributed by atoms with E-state index in [0.717, 1.165) is 6.54 Å². The molecule has 3 heteroatoms. The number of rotatable bonds is 3. The van der Waals surface area contributed by atoms with Gasteiger partial charge in [-0.1, -0.05) is 13.8 Å². The standard InChI is InChI=1S/C11H19N3/c1-8(2)9(3)13-10-4-6-14-7-5-12-11(10)14/h5,7-10,13H,4,6H2,1-3H3. The van der Waals surface area contributed by atoms with Crippen LogP contribution in [0.2, 0.25) is 0 Å². The second-order valence-electron chi connectivity index (χ2n) is 4.52. The smallest absolute Gasteiger partial charge is 0.125 e. The highest BCUT2D eigenvalue weighted by molar-refractivity contribution is 5.04. The monoisotopic (exact) mass is 193 g/mol. The Labute approximate surface area is 85.5 Å². The van der Waals surface area contributed by atoms with Crippen molar-refractivity contribution in [1.82, 2.24) is 14.9 Å². The van der Waals surface area contributed by atoms with Crippen molar-refractivity contribution in [2.24, 2.45) is 5.92 Å². The third kappa shape index (κ3) is 1.69. The molecular weight excluding hydrogens is 174 g/mol. The number of hydrogen-bond donors (Lipinski definition) is 1. The number of nitrogens with one attached hydrogen (secondary N) is 1. The molecule has 0 bridgehead atoms. The van der Waals surface area contributed by atoms with E-state index in [0.29, 0.717) is 18.0 Å². The lowest BCUT2D eigenvalue weighted by Crippen LogP contribution is -2.33. The van der Waals surface area contributed by atoms with Crippen LogP contribution in [0, 0.1) is 5.92 Å². The van der Waals surface area contributed by atoms with Gasteiger partial charge in [-0.15, -0.1) is 0 Å². The van der Waals surface area contributed by atoms with Crippen LogP contribution in [0.4, 0.5) is 0 Å². The molecule has 0 saturated heterocycles. The average molecular weight is 193 g/mol. The lowest BCUT2D eigenvalue weighted by molar-refractivity contribution is 0.371. The van der Waals surface area contributed by atoms with Crippen molar-refractivity contribution >= 4 is 0 Å². The molecule has 78 valence electrons. The van der Waals surface area contributed by atoms with E-state index in [-0.39, 0.29) is 0 Å². The summed E-state index contributed by atoms with van der Waals surface area (Å²) in [6.45, 7) is 7.85. The van der Waals surface area contributed by atoms with Crippen LogP contribution in [0.5, 0.6) is 0 Å². The molecule has 1 N–H and O–H groups in total. The van der Waals surface area contributed by atoms with Crippen LogP contribution in [0.15, 0.2) is 12.4 Å². The molecule has 0 aromatic carbocycles. The van der Waals surface area contributed by atoms with Crippen LogP contribution in [0.25, 0.3) is 0 Å². The lowest BCUT2D eigenvalue weighted by atomic mass is 10.0. The van der Waals surface area contributed by atoms with Gasteiger partial charge in [-0.2, -0.15) is 0 Å². The van der Waals surface area contributed by atoms with Gasteiger partial charge in [-0.3, -0.25) is 0 Å². The lowest BCUT2D eigenvalue weighted by Gasteiger charge is -2.21. The first-order valence-corrected chi connectivity index (χ1v) is 5.45. The molecule has 0 saturated carbocycles. The predicted octanol–water partition coefficient (Wildman–Crippen LogP) is 1.96. The van der Waals surface area contributed by atoms with E-state index in [1.54, 1.807) is 0 Å². The highest BCUT2D eigenvalue weighted by atomic mass is 15.1. The summed E-state index contributed by atoms with van der Waals surface area (Å²) in [6.07, 6.45) is 5.14. The maximum absolute atomic E-state index is 4.39. The minimum Gasteiger partial charge on any atom is -0.334 e. The zero-order chi connectivity index (χ0) is 10.1. The summed E-state index contributed by atoms with van der Waals surface area (Å²) in [4.78, 5) is 4.39. The first kappa shape index (κ1) is 9.71. The summed E-state index contributed by atoms with van der Waals surface area (Å²) in [6, 6.07) is 1.02. The predicted molar refractivity (Wildman–Crippen MR) is 57.0 cm³/mol. The maximum Gasteiger partial charge on any atom is 0.125 e. The maximum atomic E-state index is 4.39. The van der Waals surface area contributed by atoms with Crippen LogP contribution < -0.4 is 5.32 Å². The molecule has 14 heavy (non-hydrogen) atoms. The molecular formula is C11H19N3. The molecule has 2 unspecified atom stereocenters. The number of aryl methyl sites for hydroxylation is 1. The van der Waals surface area contributed by atoms with Gasteiger partial charge in [0, 0.05) is 25.0 Å². The molecule has 2 rings (SSSR count). The second kappa shape index (κ2) is 3.73. The van der Waals surface area contributed by atoms with E-state index in [1.807, 2.05) is 6.20 Å². The molecule has 0 amide bonds. The Balaban J connectivity index is 2.02. The molecule has 1 aliphatic heterocycles. The summed E-state index contributed by atoms with van der Waals surface area (Å²) in [5, 5.41) is 3.64. The van der Waals surface area contributed by atoms with Crippen molar-refractivity contribution in [3.05, 3.63) is 18.2 Å². The molecule has 0 radical (unpaired) electrons. The van der Waals surface area contributed by atoms with Crippen molar-refractivity contribution in [3.63, 3.8) is 0 Å². The van der Waals surface area contributed by atoms with Crippen molar-refractivity contribution in [2.45, 2.75) is 45.8 Å². The van der Waals surface area contributed by atoms with Gasteiger partial charge in [-0.25, -0.2) is 4.98 Å². The van der Waals surface area contributed by atoms with Crippen LogP contribution in [0.3, 0.4) is 0 Å².